The third-order valence-corrected chi connectivity index (χ3v) is 5.27. The molecule has 2 aromatic rings. The Labute approximate surface area is 167 Å². The molecule has 0 aromatic carbocycles. The highest BCUT2D eigenvalue weighted by Gasteiger charge is 2.28. The van der Waals surface area contributed by atoms with E-state index in [-0.39, 0.29) is 0 Å². The summed E-state index contributed by atoms with van der Waals surface area (Å²) in [7, 11) is 0. The lowest BCUT2D eigenvalue weighted by Gasteiger charge is -2.39. The minimum Gasteiger partial charge on any atom is -0.357 e. The van der Waals surface area contributed by atoms with Gasteiger partial charge in [-0.2, -0.15) is 4.98 Å². The summed E-state index contributed by atoms with van der Waals surface area (Å²) in [5.74, 6) is 3.39. The number of likely N-dealkylation sites (tertiary alicyclic amines) is 1. The SMILES string of the molecule is CCNC(=NCCCc1nc(C(C)C)no1)N1CCC(C)C(n2ccnc2)C1. The Bertz CT molecular complexity index is 738. The first-order valence-electron chi connectivity index (χ1n) is 10.4. The van der Waals surface area contributed by atoms with Gasteiger partial charge in [0.2, 0.25) is 5.89 Å². The number of aryl methyl sites for hydroxylation is 1. The zero-order valence-electron chi connectivity index (χ0n) is 17.5. The quantitative estimate of drug-likeness (QED) is 0.447. The van der Waals surface area contributed by atoms with Crippen molar-refractivity contribution >= 4 is 5.96 Å². The average molecular weight is 388 g/mol. The number of guanidine groups is 1. The molecule has 8 nitrogen and oxygen atoms in total. The van der Waals surface area contributed by atoms with Gasteiger partial charge in [0.05, 0.1) is 12.4 Å². The van der Waals surface area contributed by atoms with E-state index in [4.69, 9.17) is 9.52 Å². The fourth-order valence-electron chi connectivity index (χ4n) is 3.54. The van der Waals surface area contributed by atoms with Crippen LogP contribution in [0.15, 0.2) is 28.2 Å². The number of rotatable bonds is 7. The summed E-state index contributed by atoms with van der Waals surface area (Å²) in [5, 5.41) is 7.47. The van der Waals surface area contributed by atoms with Crippen LogP contribution in [-0.4, -0.2) is 56.7 Å². The lowest BCUT2D eigenvalue weighted by Crippen LogP contribution is -2.49. The fraction of sp³-hybridized carbons (Fsp3) is 0.700. The predicted molar refractivity (Wildman–Crippen MR) is 109 cm³/mol. The summed E-state index contributed by atoms with van der Waals surface area (Å²) < 4.78 is 7.54. The summed E-state index contributed by atoms with van der Waals surface area (Å²) >= 11 is 0. The van der Waals surface area contributed by atoms with Gasteiger partial charge < -0.3 is 19.3 Å². The maximum atomic E-state index is 5.32. The van der Waals surface area contributed by atoms with Crippen LogP contribution in [-0.2, 0) is 6.42 Å². The molecule has 0 aliphatic carbocycles. The normalized spacial score (nSPS) is 20.8. The minimum absolute atomic E-state index is 0.292. The molecule has 2 atom stereocenters. The molecule has 2 aromatic heterocycles. The molecule has 1 fully saturated rings. The average Bonchev–Trinajstić information content (AvgIpc) is 3.37. The largest absolute Gasteiger partial charge is 0.357 e. The summed E-state index contributed by atoms with van der Waals surface area (Å²) in [6, 6.07) is 0.424. The van der Waals surface area contributed by atoms with Gasteiger partial charge in [-0.1, -0.05) is 25.9 Å². The van der Waals surface area contributed by atoms with Gasteiger partial charge in [-0.15, -0.1) is 0 Å². The molecule has 154 valence electrons. The molecule has 0 saturated carbocycles. The van der Waals surface area contributed by atoms with Crippen LogP contribution in [0.2, 0.25) is 0 Å². The van der Waals surface area contributed by atoms with Gasteiger partial charge in [-0.25, -0.2) is 4.98 Å². The molecular weight excluding hydrogens is 354 g/mol. The van der Waals surface area contributed by atoms with Crippen molar-refractivity contribution in [3.63, 3.8) is 0 Å². The Morgan fingerprint density at radius 2 is 2.29 bits per heavy atom. The van der Waals surface area contributed by atoms with E-state index in [1.807, 2.05) is 12.5 Å². The molecular formula is C20H33N7O. The highest BCUT2D eigenvalue weighted by Crippen LogP contribution is 2.27. The van der Waals surface area contributed by atoms with Crippen LogP contribution >= 0.6 is 0 Å². The van der Waals surface area contributed by atoms with Crippen molar-refractivity contribution in [2.75, 3.05) is 26.2 Å². The molecule has 2 unspecified atom stereocenters. The van der Waals surface area contributed by atoms with Crippen molar-refractivity contribution in [3.8, 4) is 0 Å². The Morgan fingerprint density at radius 3 is 2.96 bits per heavy atom. The van der Waals surface area contributed by atoms with Gasteiger partial charge in [0.25, 0.3) is 0 Å². The Balaban J connectivity index is 1.57. The van der Waals surface area contributed by atoms with Crippen LogP contribution in [0.1, 0.15) is 64.2 Å². The third kappa shape index (κ3) is 5.11. The molecule has 1 aliphatic heterocycles. The molecule has 8 heteroatoms. The zero-order chi connectivity index (χ0) is 19.9. The Morgan fingerprint density at radius 1 is 1.43 bits per heavy atom. The number of nitrogens with zero attached hydrogens (tertiary/aromatic N) is 6. The van der Waals surface area contributed by atoms with Crippen molar-refractivity contribution in [3.05, 3.63) is 30.4 Å². The molecule has 0 amide bonds. The second-order valence-electron chi connectivity index (χ2n) is 7.83. The zero-order valence-corrected chi connectivity index (χ0v) is 17.5. The van der Waals surface area contributed by atoms with E-state index in [0.717, 1.165) is 57.2 Å². The van der Waals surface area contributed by atoms with E-state index in [1.54, 1.807) is 0 Å². The maximum Gasteiger partial charge on any atom is 0.226 e. The standard InChI is InChI=1S/C20H33N7O/c1-5-22-20(23-9-6-7-18-24-19(15(2)3)25-28-18)26-11-8-16(4)17(13-26)27-12-10-21-14-27/h10,12,14-17H,5-9,11,13H2,1-4H3,(H,22,23). The van der Waals surface area contributed by atoms with Crippen molar-refractivity contribution in [1.82, 2.24) is 29.9 Å². The molecule has 0 spiro atoms. The molecule has 1 N–H and O–H groups in total. The second-order valence-corrected chi connectivity index (χ2v) is 7.83. The molecule has 1 aliphatic rings. The molecule has 3 heterocycles. The van der Waals surface area contributed by atoms with E-state index in [9.17, 15) is 0 Å². The van der Waals surface area contributed by atoms with Crippen LogP contribution in [0.3, 0.4) is 0 Å². The Hall–Kier alpha value is -2.38. The number of hydrogen-bond acceptors (Lipinski definition) is 5. The van der Waals surface area contributed by atoms with E-state index in [1.165, 1.54) is 0 Å². The lowest BCUT2D eigenvalue weighted by atomic mass is 9.93. The molecule has 0 bridgehead atoms. The number of piperidine rings is 1. The topological polar surface area (TPSA) is 84.4 Å². The smallest absolute Gasteiger partial charge is 0.226 e. The number of imidazole rings is 1. The van der Waals surface area contributed by atoms with Crippen LogP contribution in [0.25, 0.3) is 0 Å². The highest BCUT2D eigenvalue weighted by atomic mass is 16.5. The maximum absolute atomic E-state index is 5.32. The van der Waals surface area contributed by atoms with Gasteiger partial charge in [-0.3, -0.25) is 4.99 Å². The summed E-state index contributed by atoms with van der Waals surface area (Å²) in [6.07, 6.45) is 8.64. The third-order valence-electron chi connectivity index (χ3n) is 5.27. The van der Waals surface area contributed by atoms with E-state index in [0.29, 0.717) is 23.8 Å². The number of hydrogen-bond donors (Lipinski definition) is 1. The van der Waals surface area contributed by atoms with Crippen LogP contribution in [0.4, 0.5) is 0 Å². The molecule has 0 radical (unpaired) electrons. The summed E-state index contributed by atoms with van der Waals surface area (Å²) in [5.41, 5.74) is 0. The Kier molecular flexibility index (Phi) is 7.06. The highest BCUT2D eigenvalue weighted by molar-refractivity contribution is 5.80. The van der Waals surface area contributed by atoms with Crippen LogP contribution < -0.4 is 5.32 Å². The summed E-state index contributed by atoms with van der Waals surface area (Å²) in [4.78, 5) is 15.9. The minimum atomic E-state index is 0.292. The first-order valence-corrected chi connectivity index (χ1v) is 10.4. The van der Waals surface area contributed by atoms with Crippen molar-refractivity contribution in [2.45, 2.75) is 58.9 Å². The lowest BCUT2D eigenvalue weighted by molar-refractivity contribution is 0.189. The first-order chi connectivity index (χ1) is 13.6. The van der Waals surface area contributed by atoms with E-state index < -0.39 is 0 Å². The van der Waals surface area contributed by atoms with E-state index >= 15 is 0 Å². The second kappa shape index (κ2) is 9.71. The van der Waals surface area contributed by atoms with Crippen molar-refractivity contribution in [2.24, 2.45) is 10.9 Å². The van der Waals surface area contributed by atoms with Gasteiger partial charge in [0.1, 0.15) is 0 Å². The number of aliphatic imine (C=N–C) groups is 1. The van der Waals surface area contributed by atoms with Gasteiger partial charge in [0, 0.05) is 50.9 Å². The van der Waals surface area contributed by atoms with Gasteiger partial charge in [-0.05, 0) is 25.7 Å². The van der Waals surface area contributed by atoms with Gasteiger partial charge in [0.15, 0.2) is 11.8 Å². The number of aromatic nitrogens is 4. The molecule has 1 saturated heterocycles. The monoisotopic (exact) mass is 387 g/mol. The van der Waals surface area contributed by atoms with Crippen molar-refractivity contribution in [1.29, 1.82) is 0 Å². The van der Waals surface area contributed by atoms with Crippen LogP contribution in [0, 0.1) is 5.92 Å². The van der Waals surface area contributed by atoms with Crippen LogP contribution in [0.5, 0.6) is 0 Å². The van der Waals surface area contributed by atoms with Crippen molar-refractivity contribution < 1.29 is 4.52 Å². The number of nitrogens with one attached hydrogen (secondary N) is 1. The fourth-order valence-corrected chi connectivity index (χ4v) is 3.54. The molecule has 28 heavy (non-hydrogen) atoms. The molecule has 3 rings (SSSR count). The summed E-state index contributed by atoms with van der Waals surface area (Å²) in [6.45, 7) is 12.1. The first kappa shape index (κ1) is 20.4. The van der Waals surface area contributed by atoms with E-state index in [2.05, 4.69) is 63.8 Å². The predicted octanol–water partition coefficient (Wildman–Crippen LogP) is 2.87. The van der Waals surface area contributed by atoms with Gasteiger partial charge >= 0.3 is 0 Å².